The molecule has 0 aliphatic rings. The van der Waals surface area contributed by atoms with Crippen molar-refractivity contribution >= 4 is 38.9 Å². The second-order valence-corrected chi connectivity index (χ2v) is 5.86. The number of aryl methyl sites for hydroxylation is 1. The zero-order valence-corrected chi connectivity index (χ0v) is 12.4. The van der Waals surface area contributed by atoms with Crippen molar-refractivity contribution in [3.8, 4) is 16.3 Å². The van der Waals surface area contributed by atoms with Gasteiger partial charge in [-0.15, -0.1) is 10.2 Å². The van der Waals surface area contributed by atoms with Gasteiger partial charge in [0.2, 0.25) is 4.96 Å². The first-order valence-electron chi connectivity index (χ1n) is 5.39. The van der Waals surface area contributed by atoms with Crippen LogP contribution in [0.25, 0.3) is 15.5 Å². The fourth-order valence-corrected chi connectivity index (χ4v) is 2.83. The molecule has 1 N–H and O–H groups in total. The summed E-state index contributed by atoms with van der Waals surface area (Å²) in [7, 11) is 0. The van der Waals surface area contributed by atoms with Gasteiger partial charge in [0.1, 0.15) is 10.8 Å². The number of rotatable bonds is 2. The lowest BCUT2D eigenvalue weighted by Gasteiger charge is -1.99. The van der Waals surface area contributed by atoms with E-state index in [4.69, 9.17) is 0 Å². The molecule has 0 bridgehead atoms. The summed E-state index contributed by atoms with van der Waals surface area (Å²) < 4.78 is 2.59. The lowest BCUT2D eigenvalue weighted by molar-refractivity contribution is 0.472. The highest BCUT2D eigenvalue weighted by atomic mass is 127. The standard InChI is InChI=1S/C11H9IN4OS/c1-2-9-13-14-11-16(9)15-10(18-11)6-3-4-7(12)8(17)5-6/h3-5,17H,2H2,1H3. The van der Waals surface area contributed by atoms with E-state index in [9.17, 15) is 5.11 Å². The summed E-state index contributed by atoms with van der Waals surface area (Å²) in [4.78, 5) is 0.778. The van der Waals surface area contributed by atoms with E-state index >= 15 is 0 Å². The molecule has 0 atom stereocenters. The van der Waals surface area contributed by atoms with E-state index in [0.29, 0.717) is 0 Å². The minimum absolute atomic E-state index is 0.273. The molecule has 3 aromatic rings. The molecule has 2 heterocycles. The molecular weight excluding hydrogens is 363 g/mol. The molecule has 2 aromatic heterocycles. The average Bonchev–Trinajstić information content (AvgIpc) is 2.92. The predicted octanol–water partition coefficient (Wildman–Crippen LogP) is 2.73. The molecule has 1 aromatic carbocycles. The third kappa shape index (κ3) is 1.87. The van der Waals surface area contributed by atoms with Crippen LogP contribution in [0.1, 0.15) is 12.7 Å². The van der Waals surface area contributed by atoms with E-state index in [1.54, 1.807) is 10.6 Å². The van der Waals surface area contributed by atoms with E-state index in [2.05, 4.69) is 37.9 Å². The maximum absolute atomic E-state index is 9.72. The molecule has 0 saturated carbocycles. The minimum atomic E-state index is 0.273. The SMILES string of the molecule is CCc1nnc2sc(-c3ccc(I)c(O)c3)nn12. The molecule has 0 unspecified atom stereocenters. The van der Waals surface area contributed by atoms with Crippen LogP contribution in [0.5, 0.6) is 5.75 Å². The highest BCUT2D eigenvalue weighted by Gasteiger charge is 2.12. The largest absolute Gasteiger partial charge is 0.507 e. The number of phenolic OH excluding ortho intramolecular Hbond substituents is 1. The number of hydrogen-bond acceptors (Lipinski definition) is 5. The van der Waals surface area contributed by atoms with Crippen LogP contribution in [-0.4, -0.2) is 24.9 Å². The summed E-state index contributed by atoms with van der Waals surface area (Å²) in [5.41, 5.74) is 0.894. The first-order chi connectivity index (χ1) is 8.69. The number of aromatic nitrogens is 4. The number of aromatic hydroxyl groups is 1. The highest BCUT2D eigenvalue weighted by molar-refractivity contribution is 14.1. The van der Waals surface area contributed by atoms with Crippen molar-refractivity contribution in [3.63, 3.8) is 0 Å². The molecule has 3 rings (SSSR count). The Bertz CT molecular complexity index is 721. The van der Waals surface area contributed by atoms with Crippen LogP contribution >= 0.6 is 33.9 Å². The topological polar surface area (TPSA) is 63.3 Å². The van der Waals surface area contributed by atoms with Gasteiger partial charge in [-0.1, -0.05) is 24.3 Å². The van der Waals surface area contributed by atoms with Gasteiger partial charge in [-0.25, -0.2) is 0 Å². The lowest BCUT2D eigenvalue weighted by Crippen LogP contribution is -1.93. The summed E-state index contributed by atoms with van der Waals surface area (Å²) in [5, 5.41) is 23.2. The molecule has 18 heavy (non-hydrogen) atoms. The van der Waals surface area contributed by atoms with Gasteiger partial charge in [0.25, 0.3) is 0 Å². The number of phenols is 1. The van der Waals surface area contributed by atoms with Crippen molar-refractivity contribution in [2.75, 3.05) is 0 Å². The zero-order valence-electron chi connectivity index (χ0n) is 9.46. The van der Waals surface area contributed by atoms with Crippen LogP contribution in [0.15, 0.2) is 18.2 Å². The van der Waals surface area contributed by atoms with Crippen LogP contribution in [0.3, 0.4) is 0 Å². The Hall–Kier alpha value is -1.22. The van der Waals surface area contributed by atoms with E-state index in [1.165, 1.54) is 11.3 Å². The van der Waals surface area contributed by atoms with Gasteiger partial charge in [-0.05, 0) is 34.7 Å². The van der Waals surface area contributed by atoms with Crippen molar-refractivity contribution in [3.05, 3.63) is 27.6 Å². The summed E-state index contributed by atoms with van der Waals surface area (Å²) in [6, 6.07) is 5.53. The maximum atomic E-state index is 9.72. The Morgan fingerprint density at radius 2 is 2.22 bits per heavy atom. The number of benzene rings is 1. The number of halogens is 1. The first-order valence-corrected chi connectivity index (χ1v) is 7.28. The van der Waals surface area contributed by atoms with Crippen LogP contribution in [-0.2, 0) is 6.42 Å². The molecule has 92 valence electrons. The Morgan fingerprint density at radius 1 is 1.39 bits per heavy atom. The molecule has 0 radical (unpaired) electrons. The van der Waals surface area contributed by atoms with Crippen molar-refractivity contribution in [1.29, 1.82) is 0 Å². The number of fused-ring (bicyclic) bond motifs is 1. The molecule has 0 aliphatic heterocycles. The molecule has 7 heteroatoms. The smallest absolute Gasteiger partial charge is 0.234 e. The van der Waals surface area contributed by atoms with Gasteiger partial charge >= 0.3 is 0 Å². The Labute approximate surface area is 121 Å². The van der Waals surface area contributed by atoms with Gasteiger partial charge < -0.3 is 5.11 Å². The van der Waals surface area contributed by atoms with Crippen LogP contribution in [0, 0.1) is 3.57 Å². The van der Waals surface area contributed by atoms with Gasteiger partial charge in [0, 0.05) is 12.0 Å². The molecule has 5 nitrogen and oxygen atoms in total. The van der Waals surface area contributed by atoms with Crippen molar-refractivity contribution in [2.24, 2.45) is 0 Å². The third-order valence-corrected chi connectivity index (χ3v) is 4.42. The minimum Gasteiger partial charge on any atom is -0.507 e. The van der Waals surface area contributed by atoms with Crippen molar-refractivity contribution in [1.82, 2.24) is 19.8 Å². The van der Waals surface area contributed by atoms with E-state index in [0.717, 1.165) is 31.3 Å². The molecule has 0 saturated heterocycles. The first kappa shape index (κ1) is 11.8. The van der Waals surface area contributed by atoms with Gasteiger partial charge in [0.05, 0.1) is 3.57 Å². The van der Waals surface area contributed by atoms with Crippen LogP contribution in [0.2, 0.25) is 0 Å². The normalized spacial score (nSPS) is 11.2. The third-order valence-electron chi connectivity index (χ3n) is 2.56. The van der Waals surface area contributed by atoms with Gasteiger partial charge in [-0.3, -0.25) is 0 Å². The molecule has 0 amide bonds. The molecule has 0 aliphatic carbocycles. The Morgan fingerprint density at radius 3 is 2.94 bits per heavy atom. The Kier molecular flexibility index (Phi) is 2.94. The van der Waals surface area contributed by atoms with Gasteiger partial charge in [-0.2, -0.15) is 9.61 Å². The predicted molar refractivity (Wildman–Crippen MR) is 77.9 cm³/mol. The Balaban J connectivity index is 2.13. The summed E-state index contributed by atoms with van der Waals surface area (Å²) in [6.07, 6.45) is 0.794. The quantitative estimate of drug-likeness (QED) is 0.703. The highest BCUT2D eigenvalue weighted by Crippen LogP contribution is 2.30. The summed E-state index contributed by atoms with van der Waals surface area (Å²) in [5.74, 6) is 1.12. The fraction of sp³-hybridized carbons (Fsp3) is 0.182. The number of nitrogens with zero attached hydrogens (tertiary/aromatic N) is 4. The van der Waals surface area contributed by atoms with E-state index < -0.39 is 0 Å². The molecule has 0 fully saturated rings. The second kappa shape index (κ2) is 4.47. The van der Waals surface area contributed by atoms with Crippen molar-refractivity contribution < 1.29 is 5.11 Å². The monoisotopic (exact) mass is 372 g/mol. The lowest BCUT2D eigenvalue weighted by atomic mass is 10.2. The molecule has 0 spiro atoms. The summed E-state index contributed by atoms with van der Waals surface area (Å²) in [6.45, 7) is 2.02. The van der Waals surface area contributed by atoms with Crippen LogP contribution in [0.4, 0.5) is 0 Å². The van der Waals surface area contributed by atoms with Gasteiger partial charge in [0.15, 0.2) is 5.82 Å². The molecular formula is C11H9IN4OS. The van der Waals surface area contributed by atoms with Crippen LogP contribution < -0.4 is 0 Å². The summed E-state index contributed by atoms with van der Waals surface area (Å²) >= 11 is 3.56. The van der Waals surface area contributed by atoms with Crippen molar-refractivity contribution in [2.45, 2.75) is 13.3 Å². The van der Waals surface area contributed by atoms with E-state index in [-0.39, 0.29) is 5.75 Å². The zero-order chi connectivity index (χ0) is 12.7. The number of hydrogen-bond donors (Lipinski definition) is 1. The van der Waals surface area contributed by atoms with E-state index in [1.807, 2.05) is 19.1 Å². The average molecular weight is 372 g/mol. The second-order valence-electron chi connectivity index (χ2n) is 3.74. The fourth-order valence-electron chi connectivity index (χ4n) is 1.64. The maximum Gasteiger partial charge on any atom is 0.234 e.